The van der Waals surface area contributed by atoms with Gasteiger partial charge in [0, 0.05) is 12.0 Å². The highest BCUT2D eigenvalue weighted by Gasteiger charge is 2.16. The Morgan fingerprint density at radius 1 is 1.31 bits per heavy atom. The van der Waals surface area contributed by atoms with Gasteiger partial charge in [0.05, 0.1) is 12.4 Å². The predicted molar refractivity (Wildman–Crippen MR) is 58.8 cm³/mol. The van der Waals surface area contributed by atoms with Crippen LogP contribution in [0.3, 0.4) is 0 Å². The van der Waals surface area contributed by atoms with Gasteiger partial charge in [-0.05, 0) is 29.3 Å². The Kier molecular flexibility index (Phi) is 3.27. The van der Waals surface area contributed by atoms with Crippen LogP contribution < -0.4 is 0 Å². The van der Waals surface area contributed by atoms with E-state index in [0.29, 0.717) is 11.1 Å². The zero-order valence-electron chi connectivity index (χ0n) is 8.36. The molecule has 0 saturated carbocycles. The Labute approximate surface area is 97.3 Å². The summed E-state index contributed by atoms with van der Waals surface area (Å²) in [5, 5.41) is 10.00. The molecule has 4 heteroatoms. The molecule has 1 aromatic carbocycles. The molecule has 1 atom stereocenters. The third-order valence-corrected chi connectivity index (χ3v) is 2.68. The first-order valence-electron chi connectivity index (χ1n) is 4.83. The summed E-state index contributed by atoms with van der Waals surface area (Å²) in [7, 11) is 0. The van der Waals surface area contributed by atoms with Crippen LogP contribution in [-0.2, 0) is 6.42 Å². The summed E-state index contributed by atoms with van der Waals surface area (Å²) in [6.45, 7) is 0. The fourth-order valence-electron chi connectivity index (χ4n) is 1.52. The van der Waals surface area contributed by atoms with Crippen molar-refractivity contribution in [1.82, 2.24) is 0 Å². The summed E-state index contributed by atoms with van der Waals surface area (Å²) in [5.41, 5.74) is 0.928. The highest BCUT2D eigenvalue weighted by atomic mass is 35.5. The third kappa shape index (κ3) is 2.26. The Balaban J connectivity index is 2.17. The molecule has 0 spiro atoms. The molecule has 1 N–H and O–H groups in total. The van der Waals surface area contributed by atoms with Crippen LogP contribution in [0.4, 0.5) is 4.39 Å². The molecule has 1 unspecified atom stereocenters. The van der Waals surface area contributed by atoms with Gasteiger partial charge in [0.25, 0.3) is 0 Å². The van der Waals surface area contributed by atoms with Gasteiger partial charge in [-0.2, -0.15) is 0 Å². The van der Waals surface area contributed by atoms with E-state index in [0.717, 1.165) is 0 Å². The number of furan rings is 1. The van der Waals surface area contributed by atoms with Crippen LogP contribution in [0.15, 0.2) is 41.0 Å². The maximum Gasteiger partial charge on any atom is 0.198 e. The van der Waals surface area contributed by atoms with E-state index in [1.54, 1.807) is 24.3 Å². The van der Waals surface area contributed by atoms with E-state index in [1.165, 1.54) is 12.3 Å². The highest BCUT2D eigenvalue weighted by molar-refractivity contribution is 6.29. The summed E-state index contributed by atoms with van der Waals surface area (Å²) < 4.78 is 18.2. The molecule has 0 aliphatic carbocycles. The lowest BCUT2D eigenvalue weighted by molar-refractivity contribution is 0.176. The van der Waals surface area contributed by atoms with Gasteiger partial charge in [0.1, 0.15) is 5.82 Å². The monoisotopic (exact) mass is 240 g/mol. The van der Waals surface area contributed by atoms with Gasteiger partial charge >= 0.3 is 0 Å². The second-order valence-corrected chi connectivity index (χ2v) is 3.80. The van der Waals surface area contributed by atoms with Crippen LogP contribution in [0.1, 0.15) is 17.2 Å². The molecule has 1 aromatic heterocycles. The van der Waals surface area contributed by atoms with E-state index in [2.05, 4.69) is 0 Å². The van der Waals surface area contributed by atoms with Gasteiger partial charge in [0.15, 0.2) is 5.22 Å². The van der Waals surface area contributed by atoms with E-state index in [9.17, 15) is 9.50 Å². The first kappa shape index (κ1) is 11.2. The van der Waals surface area contributed by atoms with Crippen molar-refractivity contribution < 1.29 is 13.9 Å². The van der Waals surface area contributed by atoms with Crippen LogP contribution >= 0.6 is 11.6 Å². The van der Waals surface area contributed by atoms with Crippen LogP contribution in [0.2, 0.25) is 5.22 Å². The number of benzene rings is 1. The van der Waals surface area contributed by atoms with Crippen molar-refractivity contribution in [3.05, 3.63) is 58.8 Å². The van der Waals surface area contributed by atoms with Crippen molar-refractivity contribution in [3.63, 3.8) is 0 Å². The summed E-state index contributed by atoms with van der Waals surface area (Å²) in [6.07, 6.45) is 0.705. The molecule has 84 valence electrons. The van der Waals surface area contributed by atoms with E-state index in [4.69, 9.17) is 16.0 Å². The lowest BCUT2D eigenvalue weighted by atomic mass is 10.0. The van der Waals surface area contributed by atoms with Gasteiger partial charge in [0.2, 0.25) is 0 Å². The maximum absolute atomic E-state index is 13.3. The van der Waals surface area contributed by atoms with Gasteiger partial charge < -0.3 is 9.52 Å². The van der Waals surface area contributed by atoms with E-state index in [-0.39, 0.29) is 17.5 Å². The molecule has 0 radical (unpaired) electrons. The quantitative estimate of drug-likeness (QED) is 0.893. The second-order valence-electron chi connectivity index (χ2n) is 3.46. The summed E-state index contributed by atoms with van der Waals surface area (Å²) >= 11 is 5.72. The second kappa shape index (κ2) is 4.68. The minimum Gasteiger partial charge on any atom is -0.453 e. The standard InChI is InChI=1S/C12H10ClFO2/c13-12-9(5-6-16-12)11(15)7-8-3-1-2-4-10(8)14/h1-6,11,15H,7H2. The summed E-state index contributed by atoms with van der Waals surface area (Å²) in [6, 6.07) is 7.90. The molecule has 0 amide bonds. The van der Waals surface area contributed by atoms with Crippen LogP contribution in [0, 0.1) is 5.82 Å². The van der Waals surface area contributed by atoms with Crippen LogP contribution in [-0.4, -0.2) is 5.11 Å². The Morgan fingerprint density at radius 2 is 2.06 bits per heavy atom. The molecule has 0 aliphatic heterocycles. The summed E-state index contributed by atoms with van der Waals surface area (Å²) in [5.74, 6) is -0.332. The zero-order valence-corrected chi connectivity index (χ0v) is 9.12. The Hall–Kier alpha value is -1.32. The molecule has 1 heterocycles. The lowest BCUT2D eigenvalue weighted by Gasteiger charge is -2.09. The van der Waals surface area contributed by atoms with Crippen LogP contribution in [0.5, 0.6) is 0 Å². The topological polar surface area (TPSA) is 33.4 Å². The smallest absolute Gasteiger partial charge is 0.198 e. The molecular formula is C12H10ClFO2. The minimum atomic E-state index is -0.858. The minimum absolute atomic E-state index is 0.142. The highest BCUT2D eigenvalue weighted by Crippen LogP contribution is 2.27. The molecule has 0 bridgehead atoms. The van der Waals surface area contributed by atoms with Gasteiger partial charge in [-0.1, -0.05) is 18.2 Å². The summed E-state index contributed by atoms with van der Waals surface area (Å²) in [4.78, 5) is 0. The molecule has 2 rings (SSSR count). The third-order valence-electron chi connectivity index (χ3n) is 2.38. The van der Waals surface area contributed by atoms with Crippen molar-refractivity contribution in [2.75, 3.05) is 0 Å². The molecule has 0 aliphatic rings. The average Bonchev–Trinajstić information content (AvgIpc) is 2.68. The number of aliphatic hydroxyl groups excluding tert-OH is 1. The van der Waals surface area contributed by atoms with Crippen molar-refractivity contribution in [3.8, 4) is 0 Å². The number of rotatable bonds is 3. The van der Waals surface area contributed by atoms with Gasteiger partial charge in [-0.15, -0.1) is 0 Å². The van der Waals surface area contributed by atoms with Gasteiger partial charge in [-0.25, -0.2) is 4.39 Å². The largest absolute Gasteiger partial charge is 0.453 e. The Morgan fingerprint density at radius 3 is 2.69 bits per heavy atom. The Bertz CT molecular complexity index is 481. The first-order chi connectivity index (χ1) is 7.68. The maximum atomic E-state index is 13.3. The molecule has 2 nitrogen and oxygen atoms in total. The molecule has 16 heavy (non-hydrogen) atoms. The normalized spacial score (nSPS) is 12.7. The fraction of sp³-hybridized carbons (Fsp3) is 0.167. The first-order valence-corrected chi connectivity index (χ1v) is 5.20. The molecular weight excluding hydrogens is 231 g/mol. The fourth-order valence-corrected chi connectivity index (χ4v) is 1.77. The number of hydrogen-bond acceptors (Lipinski definition) is 2. The van der Waals surface area contributed by atoms with E-state index in [1.807, 2.05) is 0 Å². The van der Waals surface area contributed by atoms with Crippen molar-refractivity contribution in [2.45, 2.75) is 12.5 Å². The van der Waals surface area contributed by atoms with Crippen LogP contribution in [0.25, 0.3) is 0 Å². The molecule has 2 aromatic rings. The number of aliphatic hydroxyl groups is 1. The number of hydrogen-bond donors (Lipinski definition) is 1. The van der Waals surface area contributed by atoms with E-state index < -0.39 is 6.10 Å². The van der Waals surface area contributed by atoms with Crippen molar-refractivity contribution in [1.29, 1.82) is 0 Å². The van der Waals surface area contributed by atoms with Crippen molar-refractivity contribution in [2.24, 2.45) is 0 Å². The molecule has 0 saturated heterocycles. The van der Waals surface area contributed by atoms with E-state index >= 15 is 0 Å². The average molecular weight is 241 g/mol. The molecule has 0 fully saturated rings. The predicted octanol–water partition coefficient (Wildman–Crippen LogP) is 3.35. The number of halogens is 2. The SMILES string of the molecule is OC(Cc1ccccc1F)c1ccoc1Cl. The van der Waals surface area contributed by atoms with Gasteiger partial charge in [-0.3, -0.25) is 0 Å². The lowest BCUT2D eigenvalue weighted by Crippen LogP contribution is -2.02. The zero-order chi connectivity index (χ0) is 11.5. The van der Waals surface area contributed by atoms with Crippen molar-refractivity contribution >= 4 is 11.6 Å².